The van der Waals surface area contributed by atoms with E-state index in [1.807, 2.05) is 55.5 Å². The van der Waals surface area contributed by atoms with Crippen LogP contribution in [0.15, 0.2) is 53.4 Å². The lowest BCUT2D eigenvalue weighted by molar-refractivity contribution is -0.126. The van der Waals surface area contributed by atoms with Gasteiger partial charge >= 0.3 is 0 Å². The minimum atomic E-state index is -0.292. The Hall–Kier alpha value is -1.91. The first-order chi connectivity index (χ1) is 13.5. The van der Waals surface area contributed by atoms with Gasteiger partial charge in [-0.1, -0.05) is 36.1 Å². The molecule has 28 heavy (non-hydrogen) atoms. The van der Waals surface area contributed by atoms with Crippen LogP contribution in [0.2, 0.25) is 0 Å². The monoisotopic (exact) mass is 524 g/mol. The van der Waals surface area contributed by atoms with Crippen LogP contribution >= 0.6 is 46.6 Å². The molecule has 0 atom stereocenters. The van der Waals surface area contributed by atoms with Crippen LogP contribution in [0.5, 0.6) is 5.75 Å². The molecule has 1 saturated heterocycles. The van der Waals surface area contributed by atoms with Gasteiger partial charge in [-0.25, -0.2) is 0 Å². The minimum Gasteiger partial charge on any atom is -0.494 e. The highest BCUT2D eigenvalue weighted by atomic mass is 127. The van der Waals surface area contributed by atoms with E-state index < -0.39 is 0 Å². The molecule has 144 valence electrons. The number of thioether (sulfide) groups is 1. The lowest BCUT2D eigenvalue weighted by Gasteiger charge is -2.14. The van der Waals surface area contributed by atoms with Crippen LogP contribution in [0.25, 0.3) is 6.08 Å². The molecule has 0 unspecified atom stereocenters. The van der Waals surface area contributed by atoms with Crippen molar-refractivity contribution in [3.63, 3.8) is 0 Å². The summed E-state index contributed by atoms with van der Waals surface area (Å²) in [5, 5.41) is 2.78. The van der Waals surface area contributed by atoms with Crippen molar-refractivity contribution in [1.29, 1.82) is 0 Å². The van der Waals surface area contributed by atoms with E-state index in [1.165, 1.54) is 16.7 Å². The maximum Gasteiger partial charge on any atom is 0.266 e. The number of carbonyl (C=O) groups is 2. The van der Waals surface area contributed by atoms with Crippen molar-refractivity contribution in [3.8, 4) is 5.75 Å². The van der Waals surface area contributed by atoms with E-state index in [9.17, 15) is 9.59 Å². The van der Waals surface area contributed by atoms with Gasteiger partial charge in [0.1, 0.15) is 16.6 Å². The predicted molar refractivity (Wildman–Crippen MR) is 125 cm³/mol. The molecule has 1 aliphatic heterocycles. The molecule has 5 nitrogen and oxygen atoms in total. The van der Waals surface area contributed by atoms with Gasteiger partial charge in [-0.2, -0.15) is 0 Å². The van der Waals surface area contributed by atoms with Crippen molar-refractivity contribution in [1.82, 2.24) is 4.90 Å². The van der Waals surface area contributed by atoms with Crippen molar-refractivity contribution in [2.24, 2.45) is 0 Å². The van der Waals surface area contributed by atoms with E-state index in [4.69, 9.17) is 17.0 Å². The Morgan fingerprint density at radius 3 is 2.54 bits per heavy atom. The minimum absolute atomic E-state index is 0.114. The summed E-state index contributed by atoms with van der Waals surface area (Å²) in [6.45, 7) is 2.41. The summed E-state index contributed by atoms with van der Waals surface area (Å²) in [7, 11) is 0. The molecule has 2 aromatic rings. The zero-order valence-electron chi connectivity index (χ0n) is 15.0. The van der Waals surface area contributed by atoms with Crippen LogP contribution in [0.1, 0.15) is 12.5 Å². The van der Waals surface area contributed by atoms with Crippen LogP contribution < -0.4 is 10.1 Å². The Bertz CT molecular complexity index is 927. The zero-order valence-corrected chi connectivity index (χ0v) is 18.8. The molecule has 8 heteroatoms. The number of anilines is 1. The van der Waals surface area contributed by atoms with Gasteiger partial charge in [0.25, 0.3) is 5.91 Å². The van der Waals surface area contributed by atoms with Crippen LogP contribution in [0.4, 0.5) is 5.69 Å². The molecule has 1 fully saturated rings. The summed E-state index contributed by atoms with van der Waals surface area (Å²) in [6.07, 6.45) is 1.77. The fourth-order valence-electron chi connectivity index (χ4n) is 2.49. The Balaban J connectivity index is 1.65. The molecule has 3 rings (SSSR count). The maximum absolute atomic E-state index is 12.7. The fraction of sp³-hybridized carbons (Fsp3) is 0.150. The van der Waals surface area contributed by atoms with E-state index in [0.717, 1.165) is 14.9 Å². The molecule has 0 radical (unpaired) electrons. The fourth-order valence-corrected chi connectivity index (χ4v) is 4.11. The first-order valence-electron chi connectivity index (χ1n) is 8.50. The third-order valence-corrected chi connectivity index (χ3v) is 5.89. The van der Waals surface area contributed by atoms with E-state index in [-0.39, 0.29) is 18.4 Å². The van der Waals surface area contributed by atoms with Crippen molar-refractivity contribution in [2.75, 3.05) is 18.5 Å². The SMILES string of the molecule is CCOc1ccc(C=C2SC(=S)N(CC(=O)Nc3ccc(I)cc3)C2=O)cc1. The maximum atomic E-state index is 12.7. The van der Waals surface area contributed by atoms with Gasteiger partial charge in [-0.05, 0) is 77.6 Å². The summed E-state index contributed by atoms with van der Waals surface area (Å²) in [4.78, 5) is 26.8. The van der Waals surface area contributed by atoms with Crippen LogP contribution in [-0.2, 0) is 9.59 Å². The molecule has 0 spiro atoms. The number of thiocarbonyl (C=S) groups is 1. The number of halogens is 1. The van der Waals surface area contributed by atoms with E-state index in [0.29, 0.717) is 21.5 Å². The molecule has 0 aliphatic carbocycles. The lowest BCUT2D eigenvalue weighted by Crippen LogP contribution is -2.36. The molecule has 0 saturated carbocycles. The van der Waals surface area contributed by atoms with Gasteiger partial charge in [-0.3, -0.25) is 14.5 Å². The Kier molecular flexibility index (Phi) is 7.08. The molecule has 2 amide bonds. The van der Waals surface area contributed by atoms with Gasteiger partial charge in [0.2, 0.25) is 5.91 Å². The second-order valence-electron chi connectivity index (χ2n) is 5.82. The van der Waals surface area contributed by atoms with Crippen LogP contribution in [-0.4, -0.2) is 34.2 Å². The molecule has 2 aromatic carbocycles. The summed E-state index contributed by atoms with van der Waals surface area (Å²) in [6, 6.07) is 14.9. The number of nitrogens with zero attached hydrogens (tertiary/aromatic N) is 1. The Morgan fingerprint density at radius 2 is 1.89 bits per heavy atom. The summed E-state index contributed by atoms with van der Waals surface area (Å²) >= 11 is 8.68. The first kappa shape index (κ1) is 20.8. The second kappa shape index (κ2) is 9.53. The van der Waals surface area contributed by atoms with Crippen molar-refractivity contribution in [3.05, 3.63) is 62.6 Å². The molecule has 1 aliphatic rings. The third kappa shape index (κ3) is 5.33. The summed E-state index contributed by atoms with van der Waals surface area (Å²) in [5.41, 5.74) is 1.55. The first-order valence-corrected chi connectivity index (χ1v) is 10.8. The Morgan fingerprint density at radius 1 is 1.21 bits per heavy atom. The van der Waals surface area contributed by atoms with Gasteiger partial charge in [0.15, 0.2) is 0 Å². The van der Waals surface area contributed by atoms with Gasteiger partial charge in [-0.15, -0.1) is 0 Å². The van der Waals surface area contributed by atoms with E-state index in [2.05, 4.69) is 27.9 Å². The van der Waals surface area contributed by atoms with Crippen LogP contribution in [0.3, 0.4) is 0 Å². The number of hydrogen-bond acceptors (Lipinski definition) is 5. The quantitative estimate of drug-likeness (QED) is 0.342. The predicted octanol–water partition coefficient (Wildman–Crippen LogP) is 4.53. The van der Waals surface area contributed by atoms with Crippen molar-refractivity contribution < 1.29 is 14.3 Å². The highest BCUT2D eigenvalue weighted by Crippen LogP contribution is 2.32. The standard InChI is InChI=1S/C20H17IN2O3S2/c1-2-26-16-9-3-13(4-10-16)11-17-19(25)23(20(27)28-17)12-18(24)22-15-7-5-14(21)6-8-15/h3-11H,2,12H2,1H3,(H,22,24). The highest BCUT2D eigenvalue weighted by Gasteiger charge is 2.33. The van der Waals surface area contributed by atoms with E-state index in [1.54, 1.807) is 6.08 Å². The lowest BCUT2D eigenvalue weighted by atomic mass is 10.2. The van der Waals surface area contributed by atoms with Crippen molar-refractivity contribution >= 4 is 74.5 Å². The number of amides is 2. The third-order valence-electron chi connectivity index (χ3n) is 3.79. The van der Waals surface area contributed by atoms with Crippen LogP contribution in [0, 0.1) is 3.57 Å². The molecule has 1 N–H and O–H groups in total. The average Bonchev–Trinajstić information content (AvgIpc) is 2.93. The van der Waals surface area contributed by atoms with Gasteiger partial charge in [0, 0.05) is 9.26 Å². The van der Waals surface area contributed by atoms with E-state index >= 15 is 0 Å². The summed E-state index contributed by atoms with van der Waals surface area (Å²) in [5.74, 6) is 0.223. The largest absolute Gasteiger partial charge is 0.494 e. The number of rotatable bonds is 6. The molecule has 0 aromatic heterocycles. The topological polar surface area (TPSA) is 58.6 Å². The molecule has 0 bridgehead atoms. The second-order valence-corrected chi connectivity index (χ2v) is 8.75. The zero-order chi connectivity index (χ0) is 20.1. The smallest absolute Gasteiger partial charge is 0.266 e. The van der Waals surface area contributed by atoms with Gasteiger partial charge in [0.05, 0.1) is 11.5 Å². The number of carbonyl (C=O) groups excluding carboxylic acids is 2. The molecular formula is C20H17IN2O3S2. The Labute approximate surface area is 186 Å². The summed E-state index contributed by atoms with van der Waals surface area (Å²) < 4.78 is 6.87. The molecular weight excluding hydrogens is 507 g/mol. The van der Waals surface area contributed by atoms with Gasteiger partial charge < -0.3 is 10.1 Å². The normalized spacial score (nSPS) is 15.2. The number of ether oxygens (including phenoxy) is 1. The number of benzene rings is 2. The molecule has 1 heterocycles. The highest BCUT2D eigenvalue weighted by molar-refractivity contribution is 14.1. The van der Waals surface area contributed by atoms with Crippen molar-refractivity contribution in [2.45, 2.75) is 6.92 Å². The number of hydrogen-bond donors (Lipinski definition) is 1. The number of nitrogens with one attached hydrogen (secondary N) is 1. The average molecular weight is 524 g/mol.